The van der Waals surface area contributed by atoms with Crippen molar-refractivity contribution in [3.63, 3.8) is 0 Å². The first-order chi connectivity index (χ1) is 8.60. The fourth-order valence-corrected chi connectivity index (χ4v) is 0.708. The molecule has 0 unspecified atom stereocenters. The van der Waals surface area contributed by atoms with Crippen molar-refractivity contribution in [2.24, 2.45) is 0 Å². The normalized spacial score (nSPS) is 8.37. The number of carbonyl (C=O) groups is 2. The van der Waals surface area contributed by atoms with E-state index in [1.165, 1.54) is 20.0 Å². The Labute approximate surface area is 113 Å². The average Bonchev–Trinajstić information content (AvgIpc) is 2.16. The predicted octanol–water partition coefficient (Wildman–Crippen LogP) is 1.02. The molecule has 0 fully saturated rings. The summed E-state index contributed by atoms with van der Waals surface area (Å²) >= 11 is 0. The Balaban J connectivity index is -0.000000203. The Morgan fingerprint density at radius 2 is 1.74 bits per heavy atom. The molecule has 0 aromatic rings. The summed E-state index contributed by atoms with van der Waals surface area (Å²) < 4.78 is 31.5. The molecular formula is C11H19NO6S. The van der Waals surface area contributed by atoms with Crippen LogP contribution in [-0.2, 0) is 24.4 Å². The zero-order chi connectivity index (χ0) is 15.9. The van der Waals surface area contributed by atoms with Crippen LogP contribution < -0.4 is 5.32 Å². The Bertz CT molecular complexity index is 379. The highest BCUT2D eigenvalue weighted by atomic mass is 32.2. The largest absolute Gasteiger partial charge is 0.435 e. The van der Waals surface area contributed by atoms with Crippen molar-refractivity contribution in [3.8, 4) is 0 Å². The van der Waals surface area contributed by atoms with Crippen molar-refractivity contribution >= 4 is 22.0 Å². The van der Waals surface area contributed by atoms with Crippen LogP contribution in [-0.4, -0.2) is 30.6 Å². The number of carbonyl (C=O) groups excluding carboxylic acids is 2. The summed E-state index contributed by atoms with van der Waals surface area (Å²) in [6.45, 7) is 12.3. The van der Waals surface area contributed by atoms with Gasteiger partial charge in [-0.3, -0.25) is 14.1 Å². The van der Waals surface area contributed by atoms with E-state index in [4.69, 9.17) is 4.55 Å². The molecule has 110 valence electrons. The van der Waals surface area contributed by atoms with Gasteiger partial charge in [-0.05, 0) is 6.20 Å². The number of amides is 1. The average molecular weight is 293 g/mol. The molecule has 7 nitrogen and oxygen atoms in total. The van der Waals surface area contributed by atoms with Gasteiger partial charge in [0, 0.05) is 13.8 Å². The van der Waals surface area contributed by atoms with Crippen molar-refractivity contribution in [1.29, 1.82) is 0 Å². The molecule has 0 aliphatic carbocycles. The Hall–Kier alpha value is -1.93. The Morgan fingerprint density at radius 3 is 1.74 bits per heavy atom. The molecule has 0 bridgehead atoms. The van der Waals surface area contributed by atoms with Crippen molar-refractivity contribution < 1.29 is 27.3 Å². The first-order valence-corrected chi connectivity index (χ1v) is 6.43. The summed E-state index contributed by atoms with van der Waals surface area (Å²) in [5.41, 5.74) is 0. The molecule has 8 heteroatoms. The van der Waals surface area contributed by atoms with Crippen molar-refractivity contribution in [2.75, 3.05) is 5.75 Å². The molecule has 0 aliphatic heterocycles. The zero-order valence-corrected chi connectivity index (χ0v) is 11.8. The first-order valence-electron chi connectivity index (χ1n) is 4.82. The molecule has 0 aliphatic rings. The quantitative estimate of drug-likeness (QED) is 0.346. The minimum absolute atomic E-state index is 0.0787. The number of rotatable bonds is 4. The number of ether oxygens (including phenoxy) is 1. The third-order valence-electron chi connectivity index (χ3n) is 0.883. The SMILES string of the molecule is C=CCS(=O)(=O)O.C=CNC(C)=O.C=COC(C)=O. The molecule has 19 heavy (non-hydrogen) atoms. The van der Waals surface area contributed by atoms with Crippen molar-refractivity contribution in [2.45, 2.75) is 13.8 Å². The third kappa shape index (κ3) is 48.8. The molecule has 0 rings (SSSR count). The van der Waals surface area contributed by atoms with E-state index in [0.717, 1.165) is 12.3 Å². The molecule has 0 spiro atoms. The molecule has 1 amide bonds. The van der Waals surface area contributed by atoms with Crippen LogP contribution in [0, 0.1) is 0 Å². The van der Waals surface area contributed by atoms with Crippen LogP contribution in [0.1, 0.15) is 13.8 Å². The number of hydrogen-bond donors (Lipinski definition) is 2. The Kier molecular flexibility index (Phi) is 16.6. The van der Waals surface area contributed by atoms with Gasteiger partial charge in [-0.1, -0.05) is 19.2 Å². The van der Waals surface area contributed by atoms with Gasteiger partial charge in [0.15, 0.2) is 0 Å². The van der Waals surface area contributed by atoms with Gasteiger partial charge in [-0.25, -0.2) is 0 Å². The maximum absolute atomic E-state index is 9.86. The number of hydrogen-bond acceptors (Lipinski definition) is 5. The van der Waals surface area contributed by atoms with Crippen LogP contribution in [0.5, 0.6) is 0 Å². The smallest absolute Gasteiger partial charge is 0.307 e. The van der Waals surface area contributed by atoms with Gasteiger partial charge in [-0.15, -0.1) is 6.58 Å². The van der Waals surface area contributed by atoms with Crippen LogP contribution in [0.15, 0.2) is 38.3 Å². The van der Waals surface area contributed by atoms with E-state index >= 15 is 0 Å². The first kappa shape index (κ1) is 22.3. The molecule has 0 saturated carbocycles. The van der Waals surface area contributed by atoms with Crippen LogP contribution in [0.2, 0.25) is 0 Å². The lowest BCUT2D eigenvalue weighted by molar-refractivity contribution is -0.135. The summed E-state index contributed by atoms with van der Waals surface area (Å²) in [5.74, 6) is -0.775. The lowest BCUT2D eigenvalue weighted by atomic mass is 10.7. The topological polar surface area (TPSA) is 110 Å². The third-order valence-corrected chi connectivity index (χ3v) is 1.54. The van der Waals surface area contributed by atoms with Gasteiger partial charge in [-0.2, -0.15) is 8.42 Å². The molecule has 0 saturated heterocycles. The molecular weight excluding hydrogens is 274 g/mol. The van der Waals surface area contributed by atoms with Crippen LogP contribution in [0.4, 0.5) is 0 Å². The molecule has 0 heterocycles. The fraction of sp³-hybridized carbons (Fsp3) is 0.273. The van der Waals surface area contributed by atoms with E-state index in [-0.39, 0.29) is 17.6 Å². The maximum atomic E-state index is 9.86. The molecule has 2 N–H and O–H groups in total. The van der Waals surface area contributed by atoms with Gasteiger partial charge < -0.3 is 10.1 Å². The minimum atomic E-state index is -3.79. The molecule has 0 aromatic carbocycles. The fourth-order valence-electron chi connectivity index (χ4n) is 0.410. The molecule has 0 atom stereocenters. The van der Waals surface area contributed by atoms with Crippen molar-refractivity contribution in [3.05, 3.63) is 38.3 Å². The van der Waals surface area contributed by atoms with Crippen LogP contribution in [0.25, 0.3) is 0 Å². The van der Waals surface area contributed by atoms with Crippen LogP contribution in [0.3, 0.4) is 0 Å². The van der Waals surface area contributed by atoms with Gasteiger partial charge >= 0.3 is 5.97 Å². The lowest BCUT2D eigenvalue weighted by Crippen LogP contribution is -2.10. The highest BCUT2D eigenvalue weighted by molar-refractivity contribution is 7.85. The highest BCUT2D eigenvalue weighted by Crippen LogP contribution is 1.78. The highest BCUT2D eigenvalue weighted by Gasteiger charge is 1.95. The van der Waals surface area contributed by atoms with E-state index < -0.39 is 10.1 Å². The van der Waals surface area contributed by atoms with E-state index in [1.807, 2.05) is 0 Å². The second kappa shape index (κ2) is 14.1. The van der Waals surface area contributed by atoms with Crippen molar-refractivity contribution in [1.82, 2.24) is 5.32 Å². The van der Waals surface area contributed by atoms with Gasteiger partial charge in [0.2, 0.25) is 5.91 Å². The molecule has 0 aromatic heterocycles. The van der Waals surface area contributed by atoms with E-state index in [9.17, 15) is 18.0 Å². The van der Waals surface area contributed by atoms with Gasteiger partial charge in [0.25, 0.3) is 10.1 Å². The maximum Gasteiger partial charge on any atom is 0.307 e. The van der Waals surface area contributed by atoms with E-state index in [2.05, 4.69) is 29.8 Å². The predicted molar refractivity (Wildman–Crippen MR) is 72.6 cm³/mol. The Morgan fingerprint density at radius 1 is 1.26 bits per heavy atom. The lowest BCUT2D eigenvalue weighted by Gasteiger charge is -1.83. The van der Waals surface area contributed by atoms with E-state index in [1.54, 1.807) is 0 Å². The summed E-state index contributed by atoms with van der Waals surface area (Å²) in [5, 5.41) is 2.33. The van der Waals surface area contributed by atoms with Crippen LogP contribution >= 0.6 is 0 Å². The zero-order valence-electron chi connectivity index (χ0n) is 11.0. The summed E-state index contributed by atoms with van der Waals surface area (Å²) in [6.07, 6.45) is 3.57. The number of nitrogens with one attached hydrogen (secondary N) is 1. The summed E-state index contributed by atoms with van der Waals surface area (Å²) in [7, 11) is -3.79. The monoisotopic (exact) mass is 293 g/mol. The standard InChI is InChI=1S/C4H7NO.C4H6O2.C3H6O3S/c1-3-5-4(2)6;1-3-6-4(2)5;1-2-3-7(4,5)6/h3H,1H2,2H3,(H,5,6);3H,1H2,2H3;2H,1,3H2,(H,4,5,6). The second-order valence-electron chi connectivity index (χ2n) is 2.72. The second-order valence-corrected chi connectivity index (χ2v) is 4.22. The summed E-state index contributed by atoms with van der Waals surface area (Å²) in [6, 6.07) is 0. The molecule has 0 radical (unpaired) electrons. The van der Waals surface area contributed by atoms with Gasteiger partial charge in [0.05, 0.1) is 12.0 Å². The minimum Gasteiger partial charge on any atom is -0.435 e. The van der Waals surface area contributed by atoms with E-state index in [0.29, 0.717) is 0 Å². The van der Waals surface area contributed by atoms with Gasteiger partial charge in [0.1, 0.15) is 0 Å². The summed E-state index contributed by atoms with van der Waals surface area (Å²) in [4.78, 5) is 19.6. The number of esters is 1.